The normalized spacial score (nSPS) is 12.4. The second-order valence-corrected chi connectivity index (χ2v) is 5.29. The van der Waals surface area contributed by atoms with Crippen LogP contribution >= 0.6 is 11.3 Å². The van der Waals surface area contributed by atoms with E-state index >= 15 is 0 Å². The zero-order valence-electron chi connectivity index (χ0n) is 10.2. The van der Waals surface area contributed by atoms with Gasteiger partial charge in [0.05, 0.1) is 17.7 Å². The van der Waals surface area contributed by atoms with E-state index in [-0.39, 0.29) is 17.7 Å². The lowest BCUT2D eigenvalue weighted by molar-refractivity contribution is 0.578. The molecule has 0 saturated heterocycles. The van der Waals surface area contributed by atoms with Crippen LogP contribution in [0.25, 0.3) is 10.6 Å². The molecule has 0 fully saturated rings. The average molecular weight is 260 g/mol. The first-order valence-electron chi connectivity index (χ1n) is 5.73. The van der Waals surface area contributed by atoms with Crippen LogP contribution in [0.4, 0.5) is 4.39 Å². The van der Waals surface area contributed by atoms with Crippen molar-refractivity contribution in [1.29, 1.82) is 5.26 Å². The summed E-state index contributed by atoms with van der Waals surface area (Å²) < 4.78 is 12.8. The number of nitriles is 1. The van der Waals surface area contributed by atoms with Crippen molar-refractivity contribution in [1.82, 2.24) is 4.98 Å². The molecule has 0 aliphatic heterocycles. The summed E-state index contributed by atoms with van der Waals surface area (Å²) in [4.78, 5) is 4.48. The Kier molecular flexibility index (Phi) is 3.73. The maximum Gasteiger partial charge on any atom is 0.123 e. The third-order valence-electron chi connectivity index (χ3n) is 2.74. The predicted molar refractivity (Wildman–Crippen MR) is 70.7 cm³/mol. The van der Waals surface area contributed by atoms with Crippen LogP contribution in [0, 0.1) is 23.1 Å². The lowest BCUT2D eigenvalue weighted by Crippen LogP contribution is -2.04. The molecule has 1 atom stereocenters. The molecule has 0 spiro atoms. The molecule has 1 aromatic carbocycles. The predicted octanol–water partition coefficient (Wildman–Crippen LogP) is 4.21. The fourth-order valence-electron chi connectivity index (χ4n) is 1.71. The molecule has 2 rings (SSSR count). The number of thiazole rings is 1. The van der Waals surface area contributed by atoms with Crippen molar-refractivity contribution < 1.29 is 4.39 Å². The molecule has 0 saturated carbocycles. The minimum absolute atomic E-state index is 0.185. The van der Waals surface area contributed by atoms with E-state index in [4.69, 9.17) is 5.26 Å². The Morgan fingerprint density at radius 3 is 2.50 bits per heavy atom. The number of aromatic nitrogens is 1. The van der Waals surface area contributed by atoms with Gasteiger partial charge in [-0.05, 0) is 30.2 Å². The van der Waals surface area contributed by atoms with E-state index in [0.29, 0.717) is 0 Å². The molecule has 0 aliphatic carbocycles. The van der Waals surface area contributed by atoms with Crippen LogP contribution in [0.2, 0.25) is 0 Å². The minimum Gasteiger partial charge on any atom is -0.240 e. The zero-order chi connectivity index (χ0) is 13.1. The lowest BCUT2D eigenvalue weighted by atomic mass is 9.95. The standard InChI is InChI=1S/C14H13FN2S/c1-9(2)12(7-16)13-8-18-14(17-13)10-3-5-11(15)6-4-10/h3-6,8-9,12H,1-2H3. The molecule has 0 aliphatic rings. The van der Waals surface area contributed by atoms with E-state index in [1.807, 2.05) is 19.2 Å². The van der Waals surface area contributed by atoms with Gasteiger partial charge in [-0.3, -0.25) is 0 Å². The molecule has 4 heteroatoms. The summed E-state index contributed by atoms with van der Waals surface area (Å²) in [7, 11) is 0. The van der Waals surface area contributed by atoms with E-state index < -0.39 is 0 Å². The van der Waals surface area contributed by atoms with Crippen LogP contribution in [0.15, 0.2) is 29.6 Å². The SMILES string of the molecule is CC(C)C(C#N)c1csc(-c2ccc(F)cc2)n1. The molecular formula is C14H13FN2S. The first kappa shape index (κ1) is 12.7. The molecule has 1 aromatic heterocycles. The second kappa shape index (κ2) is 5.28. The highest BCUT2D eigenvalue weighted by Gasteiger charge is 2.18. The Bertz CT molecular complexity index is 566. The molecule has 2 aromatic rings. The van der Waals surface area contributed by atoms with Crippen molar-refractivity contribution in [3.63, 3.8) is 0 Å². The van der Waals surface area contributed by atoms with Gasteiger partial charge >= 0.3 is 0 Å². The number of hydrogen-bond acceptors (Lipinski definition) is 3. The summed E-state index contributed by atoms with van der Waals surface area (Å²) in [5.74, 6) is -0.207. The van der Waals surface area contributed by atoms with Gasteiger partial charge in [0.1, 0.15) is 10.8 Å². The lowest BCUT2D eigenvalue weighted by Gasteiger charge is -2.08. The largest absolute Gasteiger partial charge is 0.240 e. The van der Waals surface area contributed by atoms with Gasteiger partial charge in [-0.15, -0.1) is 11.3 Å². The number of halogens is 1. The van der Waals surface area contributed by atoms with E-state index in [0.717, 1.165) is 16.3 Å². The van der Waals surface area contributed by atoms with Crippen LogP contribution in [0.1, 0.15) is 25.5 Å². The molecule has 0 bridgehead atoms. The van der Waals surface area contributed by atoms with E-state index in [9.17, 15) is 4.39 Å². The van der Waals surface area contributed by atoms with Gasteiger partial charge < -0.3 is 0 Å². The summed E-state index contributed by atoms with van der Waals surface area (Å²) in [6, 6.07) is 8.52. The van der Waals surface area contributed by atoms with Crippen LogP contribution in [-0.4, -0.2) is 4.98 Å². The molecule has 1 heterocycles. The van der Waals surface area contributed by atoms with Crippen LogP contribution in [0.5, 0.6) is 0 Å². The molecule has 1 unspecified atom stereocenters. The first-order chi connectivity index (χ1) is 8.61. The third-order valence-corrected chi connectivity index (χ3v) is 3.65. The van der Waals surface area contributed by atoms with E-state index in [1.165, 1.54) is 23.5 Å². The Morgan fingerprint density at radius 2 is 1.94 bits per heavy atom. The highest BCUT2D eigenvalue weighted by atomic mass is 32.1. The van der Waals surface area contributed by atoms with Crippen molar-refractivity contribution in [3.05, 3.63) is 41.2 Å². The zero-order valence-corrected chi connectivity index (χ0v) is 11.0. The van der Waals surface area contributed by atoms with Crippen LogP contribution in [-0.2, 0) is 0 Å². The molecule has 2 nitrogen and oxygen atoms in total. The van der Waals surface area contributed by atoms with Gasteiger partial charge in [-0.1, -0.05) is 13.8 Å². The van der Waals surface area contributed by atoms with Crippen LogP contribution in [0.3, 0.4) is 0 Å². The molecular weight excluding hydrogens is 247 g/mol. The topological polar surface area (TPSA) is 36.7 Å². The summed E-state index contributed by atoms with van der Waals surface area (Å²) in [5.41, 5.74) is 1.69. The second-order valence-electron chi connectivity index (χ2n) is 4.44. The minimum atomic E-state index is -0.257. The van der Waals surface area contributed by atoms with Gasteiger partial charge in [0, 0.05) is 10.9 Å². The molecule has 92 valence electrons. The fourth-order valence-corrected chi connectivity index (χ4v) is 2.57. The van der Waals surface area contributed by atoms with Gasteiger partial charge in [-0.2, -0.15) is 5.26 Å². The van der Waals surface area contributed by atoms with Gasteiger partial charge in [-0.25, -0.2) is 9.37 Å². The number of hydrogen-bond donors (Lipinski definition) is 0. The van der Waals surface area contributed by atoms with Gasteiger partial charge in [0.2, 0.25) is 0 Å². The molecule has 0 N–H and O–H groups in total. The summed E-state index contributed by atoms with van der Waals surface area (Å²) in [6.45, 7) is 4.01. The highest BCUT2D eigenvalue weighted by Crippen LogP contribution is 2.30. The van der Waals surface area contributed by atoms with Crippen molar-refractivity contribution in [2.24, 2.45) is 5.92 Å². The smallest absolute Gasteiger partial charge is 0.123 e. The van der Waals surface area contributed by atoms with Crippen molar-refractivity contribution >= 4 is 11.3 Å². The number of nitrogens with zero attached hydrogens (tertiary/aromatic N) is 2. The average Bonchev–Trinajstić information content (AvgIpc) is 2.80. The number of benzene rings is 1. The summed E-state index contributed by atoms with van der Waals surface area (Å²) in [5, 5.41) is 11.9. The van der Waals surface area contributed by atoms with Crippen molar-refractivity contribution in [3.8, 4) is 16.6 Å². The molecule has 0 radical (unpaired) electrons. The maximum absolute atomic E-state index is 12.8. The fraction of sp³-hybridized carbons (Fsp3) is 0.286. The van der Waals surface area contributed by atoms with Crippen molar-refractivity contribution in [2.45, 2.75) is 19.8 Å². The highest BCUT2D eigenvalue weighted by molar-refractivity contribution is 7.13. The summed E-state index contributed by atoms with van der Waals surface area (Å²) in [6.07, 6.45) is 0. The van der Waals surface area contributed by atoms with E-state index in [1.54, 1.807) is 12.1 Å². The Balaban J connectivity index is 2.31. The molecule has 18 heavy (non-hydrogen) atoms. The Morgan fingerprint density at radius 1 is 1.28 bits per heavy atom. The van der Waals surface area contributed by atoms with Crippen LogP contribution < -0.4 is 0 Å². The van der Waals surface area contributed by atoms with Gasteiger partial charge in [0.15, 0.2) is 0 Å². The summed E-state index contributed by atoms with van der Waals surface area (Å²) >= 11 is 1.48. The van der Waals surface area contributed by atoms with Crippen molar-refractivity contribution in [2.75, 3.05) is 0 Å². The van der Waals surface area contributed by atoms with Gasteiger partial charge in [0.25, 0.3) is 0 Å². The maximum atomic E-state index is 12.8. The Hall–Kier alpha value is -1.73. The Labute approximate surface area is 110 Å². The van der Waals surface area contributed by atoms with E-state index in [2.05, 4.69) is 11.1 Å². The first-order valence-corrected chi connectivity index (χ1v) is 6.60. The molecule has 0 amide bonds. The monoisotopic (exact) mass is 260 g/mol. The quantitative estimate of drug-likeness (QED) is 0.828. The number of rotatable bonds is 3. The third kappa shape index (κ3) is 2.57.